The van der Waals surface area contributed by atoms with E-state index in [0.717, 1.165) is 24.1 Å². The van der Waals surface area contributed by atoms with Crippen LogP contribution < -0.4 is 0 Å². The molecule has 1 unspecified atom stereocenters. The van der Waals surface area contributed by atoms with Gasteiger partial charge in [-0.05, 0) is 31.4 Å². The van der Waals surface area contributed by atoms with Gasteiger partial charge in [-0.3, -0.25) is 4.79 Å². The Hall–Kier alpha value is -2.14. The van der Waals surface area contributed by atoms with Crippen LogP contribution in [-0.4, -0.2) is 44.9 Å². The summed E-state index contributed by atoms with van der Waals surface area (Å²) in [6, 6.07) is 7.91. The molecule has 0 radical (unpaired) electrons. The molecule has 21 heavy (non-hydrogen) atoms. The summed E-state index contributed by atoms with van der Waals surface area (Å²) in [7, 11) is 0. The molecule has 1 amide bonds. The molecule has 1 aromatic carbocycles. The van der Waals surface area contributed by atoms with Crippen molar-refractivity contribution in [3.05, 3.63) is 47.8 Å². The van der Waals surface area contributed by atoms with Crippen molar-refractivity contribution in [1.82, 2.24) is 14.7 Å². The molecule has 0 saturated carbocycles. The predicted molar refractivity (Wildman–Crippen MR) is 79.4 cm³/mol. The van der Waals surface area contributed by atoms with Gasteiger partial charge in [0, 0.05) is 19.3 Å². The molecule has 1 atom stereocenters. The van der Waals surface area contributed by atoms with Crippen LogP contribution in [-0.2, 0) is 0 Å². The van der Waals surface area contributed by atoms with E-state index < -0.39 is 6.10 Å². The Labute approximate surface area is 123 Å². The molecule has 1 aliphatic rings. The van der Waals surface area contributed by atoms with E-state index in [0.29, 0.717) is 18.7 Å². The molecule has 5 heteroatoms. The standard InChI is InChI=1S/C16H19N3O2/c1-12-5-2-3-7-15(12)19-10-13(9-17-19)16(21)18-8-4-6-14(20)11-18/h2-3,5,7,9-10,14,20H,4,6,8,11H2,1H3. The van der Waals surface area contributed by atoms with Gasteiger partial charge in [0.15, 0.2) is 0 Å². The Morgan fingerprint density at radius 1 is 1.38 bits per heavy atom. The van der Waals surface area contributed by atoms with E-state index in [9.17, 15) is 9.90 Å². The number of nitrogens with zero attached hydrogens (tertiary/aromatic N) is 3. The molecule has 1 N–H and O–H groups in total. The van der Waals surface area contributed by atoms with Crippen LogP contribution in [0.3, 0.4) is 0 Å². The summed E-state index contributed by atoms with van der Waals surface area (Å²) in [5.41, 5.74) is 2.63. The molecular weight excluding hydrogens is 266 g/mol. The Balaban J connectivity index is 1.82. The zero-order valence-electron chi connectivity index (χ0n) is 12.1. The third kappa shape index (κ3) is 2.83. The number of aliphatic hydroxyl groups excluding tert-OH is 1. The second-order valence-corrected chi connectivity index (χ2v) is 5.51. The molecule has 1 saturated heterocycles. The zero-order valence-corrected chi connectivity index (χ0v) is 12.1. The third-order valence-electron chi connectivity index (χ3n) is 3.88. The molecule has 3 rings (SSSR count). The van der Waals surface area contributed by atoms with Gasteiger partial charge in [0.2, 0.25) is 0 Å². The average Bonchev–Trinajstić information content (AvgIpc) is 2.96. The van der Waals surface area contributed by atoms with Crippen LogP contribution in [0.2, 0.25) is 0 Å². The summed E-state index contributed by atoms with van der Waals surface area (Å²) in [6.45, 7) is 3.12. The highest BCUT2D eigenvalue weighted by Gasteiger charge is 2.24. The number of aliphatic hydroxyl groups is 1. The van der Waals surface area contributed by atoms with E-state index >= 15 is 0 Å². The normalized spacial score (nSPS) is 18.8. The fraction of sp³-hybridized carbons (Fsp3) is 0.375. The van der Waals surface area contributed by atoms with Crippen molar-refractivity contribution in [2.24, 2.45) is 0 Å². The number of β-amino-alcohol motifs (C(OH)–C–C–N with tert-alkyl or cyclic N) is 1. The number of carbonyl (C=O) groups is 1. The average molecular weight is 285 g/mol. The number of carbonyl (C=O) groups excluding carboxylic acids is 1. The van der Waals surface area contributed by atoms with Crippen molar-refractivity contribution < 1.29 is 9.90 Å². The van der Waals surface area contributed by atoms with Crippen molar-refractivity contribution in [3.63, 3.8) is 0 Å². The third-order valence-corrected chi connectivity index (χ3v) is 3.88. The molecule has 2 aromatic rings. The predicted octanol–water partition coefficient (Wildman–Crippen LogP) is 1.78. The van der Waals surface area contributed by atoms with Gasteiger partial charge in [-0.15, -0.1) is 0 Å². The van der Waals surface area contributed by atoms with E-state index in [4.69, 9.17) is 0 Å². The molecular formula is C16H19N3O2. The van der Waals surface area contributed by atoms with Crippen LogP contribution in [0.1, 0.15) is 28.8 Å². The topological polar surface area (TPSA) is 58.4 Å². The molecule has 5 nitrogen and oxygen atoms in total. The lowest BCUT2D eigenvalue weighted by Gasteiger charge is -2.29. The Kier molecular flexibility index (Phi) is 3.75. The van der Waals surface area contributed by atoms with Gasteiger partial charge in [-0.2, -0.15) is 5.10 Å². The van der Waals surface area contributed by atoms with Crippen LogP contribution in [0.15, 0.2) is 36.7 Å². The molecule has 1 aliphatic heterocycles. The number of aryl methyl sites for hydroxylation is 1. The number of piperidine rings is 1. The second kappa shape index (κ2) is 5.69. The minimum atomic E-state index is -0.408. The summed E-state index contributed by atoms with van der Waals surface area (Å²) in [4.78, 5) is 14.1. The van der Waals surface area contributed by atoms with Gasteiger partial charge in [0.1, 0.15) is 0 Å². The lowest BCUT2D eigenvalue weighted by Crippen LogP contribution is -2.42. The minimum absolute atomic E-state index is 0.0615. The number of para-hydroxylation sites is 1. The molecule has 2 heterocycles. The summed E-state index contributed by atoms with van der Waals surface area (Å²) in [5.74, 6) is -0.0615. The molecule has 1 aromatic heterocycles. The fourth-order valence-corrected chi connectivity index (χ4v) is 2.71. The largest absolute Gasteiger partial charge is 0.391 e. The van der Waals surface area contributed by atoms with Gasteiger partial charge in [-0.1, -0.05) is 18.2 Å². The molecule has 0 aliphatic carbocycles. The number of rotatable bonds is 2. The van der Waals surface area contributed by atoms with Crippen LogP contribution >= 0.6 is 0 Å². The van der Waals surface area contributed by atoms with E-state index in [2.05, 4.69) is 5.10 Å². The number of benzene rings is 1. The van der Waals surface area contributed by atoms with E-state index in [1.807, 2.05) is 31.2 Å². The monoisotopic (exact) mass is 285 g/mol. The van der Waals surface area contributed by atoms with E-state index in [1.165, 1.54) is 0 Å². The number of hydrogen-bond acceptors (Lipinski definition) is 3. The Bertz CT molecular complexity index is 650. The van der Waals surface area contributed by atoms with Crippen LogP contribution in [0.4, 0.5) is 0 Å². The first-order valence-corrected chi connectivity index (χ1v) is 7.23. The van der Waals surface area contributed by atoms with Gasteiger partial charge in [-0.25, -0.2) is 4.68 Å². The Morgan fingerprint density at radius 3 is 2.95 bits per heavy atom. The van der Waals surface area contributed by atoms with Crippen molar-refractivity contribution in [1.29, 1.82) is 0 Å². The van der Waals surface area contributed by atoms with Gasteiger partial charge in [0.05, 0.1) is 23.6 Å². The van der Waals surface area contributed by atoms with E-state index in [1.54, 1.807) is 22.0 Å². The SMILES string of the molecule is Cc1ccccc1-n1cc(C(=O)N2CCCC(O)C2)cn1. The number of amides is 1. The smallest absolute Gasteiger partial charge is 0.257 e. The number of likely N-dealkylation sites (tertiary alicyclic amines) is 1. The summed E-state index contributed by atoms with van der Waals surface area (Å²) in [6.07, 6.45) is 4.56. The fourth-order valence-electron chi connectivity index (χ4n) is 2.71. The quantitative estimate of drug-likeness (QED) is 0.915. The van der Waals surface area contributed by atoms with Crippen LogP contribution in [0.25, 0.3) is 5.69 Å². The minimum Gasteiger partial charge on any atom is -0.391 e. The Morgan fingerprint density at radius 2 is 2.19 bits per heavy atom. The number of aromatic nitrogens is 2. The zero-order chi connectivity index (χ0) is 14.8. The maximum atomic E-state index is 12.4. The highest BCUT2D eigenvalue weighted by Crippen LogP contribution is 2.16. The molecule has 0 spiro atoms. The lowest BCUT2D eigenvalue weighted by atomic mass is 10.1. The molecule has 0 bridgehead atoms. The van der Waals surface area contributed by atoms with Gasteiger partial charge >= 0.3 is 0 Å². The van der Waals surface area contributed by atoms with Crippen molar-refractivity contribution in [3.8, 4) is 5.69 Å². The van der Waals surface area contributed by atoms with Gasteiger partial charge < -0.3 is 10.0 Å². The summed E-state index contributed by atoms with van der Waals surface area (Å²) in [5, 5.41) is 14.0. The van der Waals surface area contributed by atoms with Crippen LogP contribution in [0.5, 0.6) is 0 Å². The van der Waals surface area contributed by atoms with E-state index in [-0.39, 0.29) is 5.91 Å². The first-order valence-electron chi connectivity index (χ1n) is 7.23. The first-order chi connectivity index (χ1) is 10.1. The molecule has 1 fully saturated rings. The maximum Gasteiger partial charge on any atom is 0.257 e. The van der Waals surface area contributed by atoms with Crippen molar-refractivity contribution in [2.75, 3.05) is 13.1 Å². The first kappa shape index (κ1) is 13.8. The highest BCUT2D eigenvalue weighted by molar-refractivity contribution is 5.93. The van der Waals surface area contributed by atoms with Crippen molar-refractivity contribution >= 4 is 5.91 Å². The van der Waals surface area contributed by atoms with Crippen LogP contribution in [0, 0.1) is 6.92 Å². The van der Waals surface area contributed by atoms with Gasteiger partial charge in [0.25, 0.3) is 5.91 Å². The highest BCUT2D eigenvalue weighted by atomic mass is 16.3. The second-order valence-electron chi connectivity index (χ2n) is 5.51. The summed E-state index contributed by atoms with van der Waals surface area (Å²) < 4.78 is 1.73. The molecule has 110 valence electrons. The lowest BCUT2D eigenvalue weighted by molar-refractivity contribution is 0.0474. The maximum absolute atomic E-state index is 12.4. The number of hydrogen-bond donors (Lipinski definition) is 1. The summed E-state index contributed by atoms with van der Waals surface area (Å²) >= 11 is 0. The van der Waals surface area contributed by atoms with Crippen molar-refractivity contribution in [2.45, 2.75) is 25.9 Å².